The van der Waals surface area contributed by atoms with Gasteiger partial charge in [-0.05, 0) is 143 Å². The number of thiophene rings is 3. The molecule has 20 rings (SSSR count). The SMILES string of the molecule is Cc1sc(-c2nc(-c3cccc4[nH]ccc34)no2)cc1-c1ccccc1.Cc1sc(-c2nc(-c3cccc4[nH]cnc34)no2)cc1-c1ccccc1.Cc1sc(-c2nc(-c3cccc4ccccc34)no2)cc1-c1ccccc1.FC(F)(F)c1oc(-c2nc(-c3ccc4occc4c3)no2)cc1-c1ccccc1. The smallest absolute Gasteiger partial charge is 0.450 e. The lowest BCUT2D eigenvalue weighted by atomic mass is 10.0. The first-order valence-corrected chi connectivity index (χ1v) is 36.4. The maximum Gasteiger partial charge on any atom is 0.450 e. The van der Waals surface area contributed by atoms with Gasteiger partial charge in [0.15, 0.2) is 5.76 Å². The number of aromatic nitrogens is 11. The van der Waals surface area contributed by atoms with E-state index in [4.69, 9.17) is 26.9 Å². The van der Waals surface area contributed by atoms with E-state index in [0.717, 1.165) is 64.0 Å². The molecule has 0 aliphatic rings. The summed E-state index contributed by atoms with van der Waals surface area (Å²) in [6, 6.07) is 82.3. The van der Waals surface area contributed by atoms with Gasteiger partial charge in [-0.15, -0.1) is 34.0 Å². The summed E-state index contributed by atoms with van der Waals surface area (Å²) in [7, 11) is 0. The van der Waals surface area contributed by atoms with E-state index in [2.05, 4.69) is 173 Å². The Morgan fingerprint density at radius 1 is 0.361 bits per heavy atom. The summed E-state index contributed by atoms with van der Waals surface area (Å²) in [4.78, 5) is 35.5. The van der Waals surface area contributed by atoms with Crippen LogP contribution in [0.2, 0.25) is 0 Å². The van der Waals surface area contributed by atoms with Gasteiger partial charge < -0.3 is 36.9 Å². The summed E-state index contributed by atoms with van der Waals surface area (Å²) in [6.07, 6.45) is 0.481. The van der Waals surface area contributed by atoms with Gasteiger partial charge >= 0.3 is 6.18 Å². The van der Waals surface area contributed by atoms with Gasteiger partial charge in [0, 0.05) is 59.4 Å². The molecule has 526 valence electrons. The number of furan rings is 2. The van der Waals surface area contributed by atoms with Crippen LogP contribution in [0.25, 0.3) is 178 Å². The first-order valence-electron chi connectivity index (χ1n) is 33.9. The minimum absolute atomic E-state index is 0.0901. The number of H-pyrrole nitrogens is 2. The van der Waals surface area contributed by atoms with Gasteiger partial charge in [0.05, 0.1) is 43.8 Å². The van der Waals surface area contributed by atoms with Crippen molar-refractivity contribution in [3.63, 3.8) is 0 Å². The van der Waals surface area contributed by atoms with Gasteiger partial charge in [-0.1, -0.05) is 203 Å². The largest absolute Gasteiger partial charge is 0.464 e. The normalized spacial score (nSPS) is 11.4. The van der Waals surface area contributed by atoms with E-state index >= 15 is 0 Å². The zero-order valence-electron chi connectivity index (χ0n) is 57.3. The molecule has 0 fully saturated rings. The highest BCUT2D eigenvalue weighted by Crippen LogP contribution is 2.44. The third-order valence-corrected chi connectivity index (χ3v) is 21.0. The van der Waals surface area contributed by atoms with Crippen molar-refractivity contribution in [2.75, 3.05) is 0 Å². The topological polar surface area (TPSA) is 226 Å². The highest BCUT2D eigenvalue weighted by molar-refractivity contribution is 7.16. The maximum atomic E-state index is 13.5. The van der Waals surface area contributed by atoms with Crippen molar-refractivity contribution in [3.05, 3.63) is 294 Å². The minimum Gasteiger partial charge on any atom is -0.464 e. The second-order valence-corrected chi connectivity index (χ2v) is 28.6. The fraction of sp³-hybridized carbons (Fsp3) is 0.0471. The first kappa shape index (κ1) is 67.7. The van der Waals surface area contributed by atoms with E-state index in [0.29, 0.717) is 51.9 Å². The van der Waals surface area contributed by atoms with Gasteiger partial charge in [0.25, 0.3) is 23.6 Å². The summed E-state index contributed by atoms with van der Waals surface area (Å²) < 4.78 is 72.7. The molecule has 0 saturated carbocycles. The molecule has 17 nitrogen and oxygen atoms in total. The molecule has 0 atom stereocenters. The predicted octanol–water partition coefficient (Wildman–Crippen LogP) is 24.3. The Balaban J connectivity index is 0.000000106. The van der Waals surface area contributed by atoms with Gasteiger partial charge in [-0.25, -0.2) is 4.98 Å². The van der Waals surface area contributed by atoms with E-state index in [-0.39, 0.29) is 23.0 Å². The number of alkyl halides is 3. The Bertz CT molecular complexity index is 6320. The van der Waals surface area contributed by atoms with Gasteiger partial charge in [0.1, 0.15) is 5.58 Å². The van der Waals surface area contributed by atoms with Crippen LogP contribution in [0.1, 0.15) is 20.4 Å². The van der Waals surface area contributed by atoms with Crippen LogP contribution in [-0.2, 0) is 6.18 Å². The van der Waals surface area contributed by atoms with Crippen LogP contribution in [0.3, 0.4) is 0 Å². The number of imidazole rings is 1. The third-order valence-electron chi connectivity index (χ3n) is 17.9. The summed E-state index contributed by atoms with van der Waals surface area (Å²) in [5, 5.41) is 20.7. The van der Waals surface area contributed by atoms with E-state index in [1.165, 1.54) is 59.5 Å². The number of aromatic amines is 2. The quantitative estimate of drug-likeness (QED) is 0.116. The molecule has 0 spiro atoms. The van der Waals surface area contributed by atoms with E-state index in [1.807, 2.05) is 103 Å². The van der Waals surface area contributed by atoms with E-state index in [1.54, 1.807) is 101 Å². The summed E-state index contributed by atoms with van der Waals surface area (Å²) >= 11 is 5.01. The number of nitrogens with zero attached hydrogens (tertiary/aromatic N) is 9. The van der Waals surface area contributed by atoms with Crippen molar-refractivity contribution in [3.8, 4) is 134 Å². The minimum atomic E-state index is -4.67. The van der Waals surface area contributed by atoms with Crippen molar-refractivity contribution < 1.29 is 40.1 Å². The molecule has 20 aromatic rings. The number of nitrogens with one attached hydrogen (secondary N) is 2. The molecular weight excluding hydrogens is 1420 g/mol. The molecule has 0 amide bonds. The number of rotatable bonds is 12. The van der Waals surface area contributed by atoms with Crippen molar-refractivity contribution in [2.45, 2.75) is 26.9 Å². The Hall–Kier alpha value is -13.5. The molecule has 11 heterocycles. The van der Waals surface area contributed by atoms with Crippen LogP contribution in [0, 0.1) is 20.8 Å². The standard InChI is InChI=1S/C23H16N2OS.C21H11F3N2O3.C21H15N3OS.C20H14N4OS/c1-15-20(17-8-3-2-4-9-17)14-21(27-15)23-24-22(25-26-23)19-13-7-11-16-10-5-6-12-18(16)19;22-21(23,24)18-15(12-4-2-1-3-5-12)11-17(28-18)20-25-19(26-29-20)14-6-7-16-13(10-14)8-9-27-16;1-13-17(14-6-3-2-4-7-14)12-19(26-13)21-23-20(24-25-21)16-8-5-9-18-15(16)10-11-22-18;1-12-15(13-6-3-2-4-7-13)10-17(26-12)20-23-19(24-25-20)14-8-5-9-16-18(14)22-11-21-16/h2-14H,1H3;1-11H;2-12,22H,1H3;2-11H,1H3,(H,21,22). The van der Waals surface area contributed by atoms with Crippen LogP contribution in [0.5, 0.6) is 0 Å². The molecule has 0 bridgehead atoms. The number of para-hydroxylation sites is 1. The molecular formula is C85H56F3N11O6S3. The average Bonchev–Trinajstić information content (AvgIpc) is 1.65. The maximum absolute atomic E-state index is 13.5. The number of aryl methyl sites for hydroxylation is 3. The van der Waals surface area contributed by atoms with Gasteiger partial charge in [-0.2, -0.15) is 33.1 Å². The molecule has 0 saturated heterocycles. The lowest BCUT2D eigenvalue weighted by Crippen LogP contribution is -2.04. The number of halogens is 3. The summed E-state index contributed by atoms with van der Waals surface area (Å²) in [5.74, 6) is 2.25. The Morgan fingerprint density at radius 2 is 0.824 bits per heavy atom. The molecule has 2 N–H and O–H groups in total. The number of hydrogen-bond acceptors (Lipinski definition) is 18. The van der Waals surface area contributed by atoms with E-state index in [9.17, 15) is 13.2 Å². The number of benzene rings is 9. The van der Waals surface area contributed by atoms with Crippen molar-refractivity contribution in [1.82, 2.24) is 55.5 Å². The molecule has 11 aromatic heterocycles. The average molecular weight is 1480 g/mol. The monoisotopic (exact) mass is 1480 g/mol. The zero-order valence-corrected chi connectivity index (χ0v) is 59.8. The molecule has 0 unspecified atom stereocenters. The second kappa shape index (κ2) is 29.2. The molecule has 108 heavy (non-hydrogen) atoms. The fourth-order valence-corrected chi connectivity index (χ4v) is 15.6. The van der Waals surface area contributed by atoms with Crippen LogP contribution in [-0.4, -0.2) is 55.5 Å². The lowest BCUT2D eigenvalue weighted by Gasteiger charge is -2.05. The lowest BCUT2D eigenvalue weighted by molar-refractivity contribution is -0.152. The predicted molar refractivity (Wildman–Crippen MR) is 416 cm³/mol. The molecule has 0 aliphatic carbocycles. The van der Waals surface area contributed by atoms with Gasteiger partial charge in [-0.3, -0.25) is 0 Å². The van der Waals surface area contributed by atoms with Crippen LogP contribution in [0.4, 0.5) is 13.2 Å². The zero-order chi connectivity index (χ0) is 73.2. The first-order chi connectivity index (χ1) is 52.9. The second-order valence-electron chi connectivity index (χ2n) is 24.8. The van der Waals surface area contributed by atoms with Gasteiger partial charge in [0.2, 0.25) is 29.1 Å². The van der Waals surface area contributed by atoms with Crippen LogP contribution in [0.15, 0.2) is 301 Å². The van der Waals surface area contributed by atoms with Crippen LogP contribution >= 0.6 is 34.0 Å². The van der Waals surface area contributed by atoms with Crippen molar-refractivity contribution >= 4 is 77.7 Å². The third kappa shape index (κ3) is 13.9. The highest BCUT2D eigenvalue weighted by Gasteiger charge is 2.40. The van der Waals surface area contributed by atoms with E-state index < -0.39 is 11.9 Å². The summed E-state index contributed by atoms with van der Waals surface area (Å²) in [6.45, 7) is 6.35. The Kier molecular flexibility index (Phi) is 18.3. The van der Waals surface area contributed by atoms with Crippen LogP contribution < -0.4 is 0 Å². The van der Waals surface area contributed by atoms with Crippen molar-refractivity contribution in [2.24, 2.45) is 0 Å². The molecule has 9 aromatic carbocycles. The number of fused-ring (bicyclic) bond motifs is 4. The van der Waals surface area contributed by atoms with Crippen molar-refractivity contribution in [1.29, 1.82) is 0 Å². The molecule has 0 radical (unpaired) electrons. The fourth-order valence-electron chi connectivity index (χ4n) is 12.7. The Morgan fingerprint density at radius 3 is 1.39 bits per heavy atom. The highest BCUT2D eigenvalue weighted by atomic mass is 32.1. The Labute approximate surface area is 624 Å². The number of hydrogen-bond donors (Lipinski definition) is 2. The molecule has 23 heteroatoms. The summed E-state index contributed by atoms with van der Waals surface area (Å²) in [5.41, 5.74) is 14.5. The molecule has 0 aliphatic heterocycles.